The van der Waals surface area contributed by atoms with Crippen molar-refractivity contribution in [2.45, 2.75) is 44.6 Å². The number of rotatable bonds is 1. The third-order valence-electron chi connectivity index (χ3n) is 2.54. The number of nitrogens with two attached hydrogens (primary N) is 1. The molecule has 66 valence electrons. The molecule has 1 unspecified atom stereocenters. The molecule has 0 saturated carbocycles. The molecule has 1 aliphatic heterocycles. The molecule has 11 heavy (non-hydrogen) atoms. The smallest absolute Gasteiger partial charge is 0.0657 e. The van der Waals surface area contributed by atoms with E-state index in [1.165, 1.54) is 19.3 Å². The van der Waals surface area contributed by atoms with Crippen LogP contribution < -0.4 is 5.84 Å². The molecule has 0 radical (unpaired) electrons. The molecule has 0 aromatic rings. The fourth-order valence-electron chi connectivity index (χ4n) is 1.88. The van der Waals surface area contributed by atoms with Crippen LogP contribution >= 0.6 is 0 Å². The van der Waals surface area contributed by atoms with Crippen LogP contribution in [0.25, 0.3) is 0 Å². The maximum Gasteiger partial charge on any atom is 0.0657 e. The lowest BCUT2D eigenvalue weighted by atomic mass is 10.2. The summed E-state index contributed by atoms with van der Waals surface area (Å²) >= 11 is 0. The lowest BCUT2D eigenvalue weighted by Crippen LogP contribution is -2.56. The first kappa shape index (κ1) is 9.23. The predicted molar refractivity (Wildman–Crippen MR) is 51.9 cm³/mol. The van der Waals surface area contributed by atoms with Crippen molar-refractivity contribution < 1.29 is 0 Å². The van der Waals surface area contributed by atoms with Crippen LogP contribution in [0, 0.1) is 0 Å². The van der Waals surface area contributed by atoms with E-state index in [-0.39, 0.29) is 0 Å². The average Bonchev–Trinajstić information content (AvgIpc) is 1.86. The summed E-state index contributed by atoms with van der Waals surface area (Å²) in [5.41, 5.74) is 0.719. The molecule has 0 spiro atoms. The summed E-state index contributed by atoms with van der Waals surface area (Å²) in [6.45, 7) is 8.32. The molecule has 0 bridgehead atoms. The summed E-state index contributed by atoms with van der Waals surface area (Å²) in [6.07, 6.45) is 3.99. The topological polar surface area (TPSA) is 29.3 Å². The van der Waals surface area contributed by atoms with Gasteiger partial charge in [-0.25, -0.2) is 5.01 Å². The standard InChI is InChI=1S/C8H20N2Si/c1-11(2,3)8-6-4-5-7-10(8)9/h8H,4-7,9H2,1-3H3. The fraction of sp³-hybridized carbons (Fsp3) is 1.00. The molecule has 2 N–H and O–H groups in total. The van der Waals surface area contributed by atoms with Crippen LogP contribution in [0.5, 0.6) is 0 Å². The van der Waals surface area contributed by atoms with Gasteiger partial charge in [0.1, 0.15) is 0 Å². The van der Waals surface area contributed by atoms with Crippen LogP contribution in [0.3, 0.4) is 0 Å². The van der Waals surface area contributed by atoms with Gasteiger partial charge in [0.05, 0.1) is 8.07 Å². The second kappa shape index (κ2) is 3.25. The lowest BCUT2D eigenvalue weighted by molar-refractivity contribution is 0.198. The Bertz CT molecular complexity index is 131. The molecule has 1 fully saturated rings. The van der Waals surface area contributed by atoms with E-state index in [1.807, 2.05) is 0 Å². The SMILES string of the molecule is C[Si](C)(C)C1CCCCN1N. The third kappa shape index (κ3) is 2.29. The largest absolute Gasteiger partial charge is 0.269 e. The molecule has 0 aliphatic carbocycles. The van der Waals surface area contributed by atoms with E-state index < -0.39 is 8.07 Å². The van der Waals surface area contributed by atoms with Crippen LogP contribution in [0.15, 0.2) is 0 Å². The van der Waals surface area contributed by atoms with Crippen molar-refractivity contribution in [3.8, 4) is 0 Å². The highest BCUT2D eigenvalue weighted by molar-refractivity contribution is 6.77. The molecule has 0 amide bonds. The van der Waals surface area contributed by atoms with Crippen LogP contribution in [-0.4, -0.2) is 25.3 Å². The van der Waals surface area contributed by atoms with E-state index in [0.29, 0.717) is 0 Å². The molecule has 1 aliphatic rings. The van der Waals surface area contributed by atoms with Gasteiger partial charge in [-0.1, -0.05) is 26.1 Å². The van der Waals surface area contributed by atoms with E-state index in [1.54, 1.807) is 0 Å². The molecule has 0 aromatic carbocycles. The van der Waals surface area contributed by atoms with E-state index in [9.17, 15) is 0 Å². The molecular formula is C8H20N2Si. The highest BCUT2D eigenvalue weighted by Crippen LogP contribution is 2.22. The number of hydrazine groups is 1. The lowest BCUT2D eigenvalue weighted by Gasteiger charge is -2.39. The molecule has 1 rings (SSSR count). The van der Waals surface area contributed by atoms with Crippen LogP contribution in [0.1, 0.15) is 19.3 Å². The minimum atomic E-state index is -1.02. The Kier molecular flexibility index (Phi) is 2.73. The van der Waals surface area contributed by atoms with Crippen molar-refractivity contribution in [2.24, 2.45) is 5.84 Å². The van der Waals surface area contributed by atoms with Crippen molar-refractivity contribution in [1.82, 2.24) is 5.01 Å². The van der Waals surface area contributed by atoms with Gasteiger partial charge in [-0.15, -0.1) is 0 Å². The molecule has 0 aromatic heterocycles. The van der Waals surface area contributed by atoms with Gasteiger partial charge >= 0.3 is 0 Å². The summed E-state index contributed by atoms with van der Waals surface area (Å²) in [5.74, 6) is 5.93. The Morgan fingerprint density at radius 1 is 1.27 bits per heavy atom. The van der Waals surface area contributed by atoms with Crippen molar-refractivity contribution >= 4 is 8.07 Å². The van der Waals surface area contributed by atoms with E-state index in [0.717, 1.165) is 12.2 Å². The minimum absolute atomic E-state index is 0.719. The Morgan fingerprint density at radius 2 is 1.91 bits per heavy atom. The van der Waals surface area contributed by atoms with Crippen LogP contribution in [0.4, 0.5) is 0 Å². The molecule has 3 heteroatoms. The molecule has 2 nitrogen and oxygen atoms in total. The zero-order chi connectivity index (χ0) is 8.48. The summed E-state index contributed by atoms with van der Waals surface area (Å²) in [5, 5.41) is 2.08. The first-order chi connectivity index (χ1) is 5.02. The quantitative estimate of drug-likeness (QED) is 0.481. The monoisotopic (exact) mass is 172 g/mol. The highest BCUT2D eigenvalue weighted by Gasteiger charge is 2.31. The van der Waals surface area contributed by atoms with Gasteiger partial charge in [0, 0.05) is 12.2 Å². The Balaban J connectivity index is 2.55. The maximum absolute atomic E-state index is 5.93. The summed E-state index contributed by atoms with van der Waals surface area (Å²) in [7, 11) is -1.02. The zero-order valence-electron chi connectivity index (χ0n) is 7.93. The van der Waals surface area contributed by atoms with Crippen molar-refractivity contribution in [1.29, 1.82) is 0 Å². The Hall–Kier alpha value is 0.137. The van der Waals surface area contributed by atoms with Crippen LogP contribution in [-0.2, 0) is 0 Å². The van der Waals surface area contributed by atoms with Crippen LogP contribution in [0.2, 0.25) is 19.6 Å². The number of hydrogen-bond donors (Lipinski definition) is 1. The van der Waals surface area contributed by atoms with E-state index in [4.69, 9.17) is 5.84 Å². The number of nitrogens with zero attached hydrogens (tertiary/aromatic N) is 1. The van der Waals surface area contributed by atoms with Gasteiger partial charge in [0.15, 0.2) is 0 Å². The van der Waals surface area contributed by atoms with Gasteiger partial charge in [-0.3, -0.25) is 5.84 Å². The number of hydrogen-bond acceptors (Lipinski definition) is 2. The molecule has 1 atom stereocenters. The van der Waals surface area contributed by atoms with Gasteiger partial charge in [-0.05, 0) is 12.8 Å². The second-order valence-electron chi connectivity index (χ2n) is 4.62. The molecular weight excluding hydrogens is 152 g/mol. The molecule has 1 heterocycles. The Morgan fingerprint density at radius 3 is 2.27 bits per heavy atom. The predicted octanol–water partition coefficient (Wildman–Crippen LogP) is 1.59. The first-order valence-corrected chi connectivity index (χ1v) is 8.11. The second-order valence-corrected chi connectivity index (χ2v) is 10.0. The van der Waals surface area contributed by atoms with Gasteiger partial charge in [0.25, 0.3) is 0 Å². The van der Waals surface area contributed by atoms with Gasteiger partial charge < -0.3 is 0 Å². The van der Waals surface area contributed by atoms with Crippen molar-refractivity contribution in [3.05, 3.63) is 0 Å². The highest BCUT2D eigenvalue weighted by atomic mass is 28.3. The summed E-state index contributed by atoms with van der Waals surface area (Å²) < 4.78 is 0. The maximum atomic E-state index is 5.93. The van der Waals surface area contributed by atoms with E-state index >= 15 is 0 Å². The molecule has 1 saturated heterocycles. The van der Waals surface area contributed by atoms with Crippen molar-refractivity contribution in [3.63, 3.8) is 0 Å². The zero-order valence-corrected chi connectivity index (χ0v) is 8.93. The summed E-state index contributed by atoms with van der Waals surface area (Å²) in [4.78, 5) is 0. The van der Waals surface area contributed by atoms with Crippen molar-refractivity contribution in [2.75, 3.05) is 6.54 Å². The van der Waals surface area contributed by atoms with E-state index in [2.05, 4.69) is 24.6 Å². The summed E-state index contributed by atoms with van der Waals surface area (Å²) in [6, 6.07) is 0. The van der Waals surface area contributed by atoms with Gasteiger partial charge in [-0.2, -0.15) is 0 Å². The Labute approximate surface area is 70.7 Å². The normalized spacial score (nSPS) is 28.9. The van der Waals surface area contributed by atoms with Gasteiger partial charge in [0.2, 0.25) is 0 Å². The fourth-order valence-corrected chi connectivity index (χ4v) is 4.08. The number of piperidine rings is 1. The third-order valence-corrected chi connectivity index (χ3v) is 5.16. The average molecular weight is 172 g/mol. The minimum Gasteiger partial charge on any atom is -0.269 e. The first-order valence-electron chi connectivity index (χ1n) is 4.53.